The molecule has 0 amide bonds. The molecule has 0 atom stereocenters. The molecule has 0 aliphatic rings. The Labute approximate surface area is 551 Å². The summed E-state index contributed by atoms with van der Waals surface area (Å²) in [4.78, 5) is 38.5. The number of rotatable bonds is 17. The number of carboxylic acid groups (broad SMARTS) is 3. The van der Waals surface area contributed by atoms with Crippen LogP contribution in [-0.4, -0.2) is 59.7 Å². The highest BCUT2D eigenvalue weighted by atomic mass is 32.1. The van der Waals surface area contributed by atoms with Crippen LogP contribution in [-0.2, 0) is 20.8 Å². The SMILES string of the molecule is CC(C)c1ccccc1-c1sc2c(F)c(O)ccc2c1Oc1ccc(/C=C/C(=O)O)cc1.Cc1ncccc1-c1sc2cc(O)ccc2c1Oc1ccc(/C=C/C(=O)O)cc1.O=C(O)/C=C/c1ccc(Oc2c(-c3cc(F)ccc3CC(F)(F)F)sc3cc(O)ccc23)cc1. The lowest BCUT2D eigenvalue weighted by Crippen LogP contribution is -2.12. The van der Waals surface area contributed by atoms with Gasteiger partial charge < -0.3 is 44.8 Å². The van der Waals surface area contributed by atoms with Gasteiger partial charge in [0.1, 0.15) is 34.6 Å². The van der Waals surface area contributed by atoms with E-state index in [0.29, 0.717) is 54.5 Å². The molecule has 6 N–H and O–H groups in total. The average Bonchev–Trinajstić information content (AvgIpc) is 1.66. The second-order valence-corrected chi connectivity index (χ2v) is 24.5. The number of hydrogen-bond donors (Lipinski definition) is 6. The van der Waals surface area contributed by atoms with Gasteiger partial charge >= 0.3 is 24.1 Å². The fraction of sp³-hybridized carbons (Fsp3) is 0.0811. The first-order chi connectivity index (χ1) is 45.4. The summed E-state index contributed by atoms with van der Waals surface area (Å²) < 4.78 is 88.8. The van der Waals surface area contributed by atoms with E-state index in [9.17, 15) is 51.7 Å². The third-order valence-electron chi connectivity index (χ3n) is 14.3. The van der Waals surface area contributed by atoms with Gasteiger partial charge in [0.2, 0.25) is 0 Å². The minimum absolute atomic E-state index is 0.0313. The van der Waals surface area contributed by atoms with E-state index in [0.717, 1.165) is 101 Å². The lowest BCUT2D eigenvalue weighted by Gasteiger charge is -2.14. The van der Waals surface area contributed by atoms with Gasteiger partial charge in [0, 0.05) is 66.8 Å². The van der Waals surface area contributed by atoms with Gasteiger partial charge in [-0.3, -0.25) is 4.98 Å². The molecule has 13 nitrogen and oxygen atoms in total. The van der Waals surface area contributed by atoms with Crippen molar-refractivity contribution in [2.24, 2.45) is 0 Å². The number of carbonyl (C=O) groups is 3. The number of aryl methyl sites for hydroxylation is 1. The van der Waals surface area contributed by atoms with Crippen molar-refractivity contribution in [3.05, 3.63) is 245 Å². The number of aromatic nitrogens is 1. The summed E-state index contributed by atoms with van der Waals surface area (Å²) in [7, 11) is 0. The van der Waals surface area contributed by atoms with Gasteiger partial charge in [-0.15, -0.1) is 34.0 Å². The number of halogens is 5. The summed E-state index contributed by atoms with van der Waals surface area (Å²) in [5, 5.41) is 57.9. The molecule has 0 saturated heterocycles. The van der Waals surface area contributed by atoms with Gasteiger partial charge in [0.05, 0.1) is 25.8 Å². The summed E-state index contributed by atoms with van der Waals surface area (Å²) in [6.07, 6.45) is 3.58. The number of ether oxygens (including phenoxy) is 3. The normalized spacial score (nSPS) is 11.5. The lowest BCUT2D eigenvalue weighted by molar-refractivity contribution is -0.132. The number of carboxylic acids is 3. The van der Waals surface area contributed by atoms with Crippen molar-refractivity contribution in [2.75, 3.05) is 0 Å². The zero-order chi connectivity index (χ0) is 67.7. The van der Waals surface area contributed by atoms with Crippen molar-refractivity contribution in [3.8, 4) is 83.1 Å². The first kappa shape index (κ1) is 66.8. The number of aliphatic carboxylic acids is 3. The molecule has 4 heterocycles. The molecular formula is C74H54F5NO12S3. The first-order valence-electron chi connectivity index (χ1n) is 28.8. The minimum atomic E-state index is -4.50. The van der Waals surface area contributed by atoms with E-state index in [1.165, 1.54) is 59.1 Å². The summed E-state index contributed by atoms with van der Waals surface area (Å²) in [6.45, 7) is 6.15. The molecule has 8 aromatic carbocycles. The first-order valence-corrected chi connectivity index (χ1v) is 31.3. The number of benzene rings is 8. The van der Waals surface area contributed by atoms with Crippen LogP contribution in [0.25, 0.3) is 79.8 Å². The van der Waals surface area contributed by atoms with Crippen molar-refractivity contribution in [2.45, 2.75) is 39.3 Å². The number of hydrogen-bond acceptors (Lipinski definition) is 13. The number of phenolic OH excluding ortho intramolecular Hbond substituents is 3. The fourth-order valence-electron chi connectivity index (χ4n) is 9.91. The molecule has 12 rings (SSSR count). The van der Waals surface area contributed by atoms with E-state index < -0.39 is 47.9 Å². The molecule has 0 saturated carbocycles. The molecule has 0 unspecified atom stereocenters. The van der Waals surface area contributed by atoms with Gasteiger partial charge in [-0.05, 0) is 168 Å². The Morgan fingerprint density at radius 3 is 1.42 bits per heavy atom. The number of thiophene rings is 3. The molecule has 480 valence electrons. The Bertz CT molecular complexity index is 4920. The van der Waals surface area contributed by atoms with Gasteiger partial charge in [-0.25, -0.2) is 23.2 Å². The molecule has 95 heavy (non-hydrogen) atoms. The monoisotopic (exact) mass is 1340 g/mol. The van der Waals surface area contributed by atoms with Crippen molar-refractivity contribution in [1.29, 1.82) is 0 Å². The quantitative estimate of drug-likeness (QED) is 0.0370. The van der Waals surface area contributed by atoms with Crippen molar-refractivity contribution in [1.82, 2.24) is 4.98 Å². The van der Waals surface area contributed by atoms with Crippen LogP contribution < -0.4 is 14.2 Å². The van der Waals surface area contributed by atoms with Gasteiger partial charge in [-0.1, -0.05) is 86.6 Å². The number of fused-ring (bicyclic) bond motifs is 3. The van der Waals surface area contributed by atoms with Crippen LogP contribution in [0.5, 0.6) is 51.7 Å². The third kappa shape index (κ3) is 16.6. The van der Waals surface area contributed by atoms with Crippen LogP contribution in [0.2, 0.25) is 0 Å². The second kappa shape index (κ2) is 29.2. The predicted molar refractivity (Wildman–Crippen MR) is 363 cm³/mol. The molecule has 4 aromatic heterocycles. The molecule has 12 aromatic rings. The molecule has 21 heteroatoms. The summed E-state index contributed by atoms with van der Waals surface area (Å²) in [6, 6.07) is 48.2. The van der Waals surface area contributed by atoms with E-state index in [4.69, 9.17) is 29.5 Å². The van der Waals surface area contributed by atoms with E-state index in [1.54, 1.807) is 103 Å². The van der Waals surface area contributed by atoms with Crippen LogP contribution in [0, 0.1) is 18.6 Å². The maximum Gasteiger partial charge on any atom is 0.393 e. The topological polar surface area (TPSA) is 213 Å². The van der Waals surface area contributed by atoms with Crippen molar-refractivity contribution in [3.63, 3.8) is 0 Å². The molecule has 0 spiro atoms. The zero-order valence-corrected chi connectivity index (χ0v) is 52.7. The van der Waals surface area contributed by atoms with E-state index >= 15 is 0 Å². The molecular weight excluding hydrogens is 1290 g/mol. The van der Waals surface area contributed by atoms with Gasteiger partial charge in [0.25, 0.3) is 0 Å². The van der Waals surface area contributed by atoms with Gasteiger partial charge in [0.15, 0.2) is 28.8 Å². The zero-order valence-electron chi connectivity index (χ0n) is 50.3. The molecule has 0 bridgehead atoms. The van der Waals surface area contributed by atoms with E-state index in [1.807, 2.05) is 49.4 Å². The second-order valence-electron chi connectivity index (χ2n) is 21.4. The molecule has 0 aliphatic carbocycles. The number of aromatic hydroxyl groups is 3. The van der Waals surface area contributed by atoms with Crippen LogP contribution in [0.4, 0.5) is 22.0 Å². The average molecular weight is 1340 g/mol. The minimum Gasteiger partial charge on any atom is -0.508 e. The maximum atomic E-state index is 14.8. The van der Waals surface area contributed by atoms with Crippen LogP contribution in [0.3, 0.4) is 0 Å². The van der Waals surface area contributed by atoms with E-state index in [2.05, 4.69) is 18.8 Å². The largest absolute Gasteiger partial charge is 0.508 e. The smallest absolute Gasteiger partial charge is 0.393 e. The number of phenols is 3. The Morgan fingerprint density at radius 1 is 0.516 bits per heavy atom. The highest BCUT2D eigenvalue weighted by Gasteiger charge is 2.31. The summed E-state index contributed by atoms with van der Waals surface area (Å²) in [5.74, 6) is -1.48. The Kier molecular flexibility index (Phi) is 20.5. The Hall–Kier alpha value is -11.1. The lowest BCUT2D eigenvalue weighted by atomic mass is 9.96. The van der Waals surface area contributed by atoms with Crippen LogP contribution in [0.15, 0.2) is 200 Å². The molecule has 0 aliphatic heterocycles. The van der Waals surface area contributed by atoms with Crippen LogP contribution in [0.1, 0.15) is 53.3 Å². The number of pyridine rings is 1. The van der Waals surface area contributed by atoms with Crippen molar-refractivity contribution < 1.29 is 81.2 Å². The van der Waals surface area contributed by atoms with Crippen molar-refractivity contribution >= 4 is 100 Å². The van der Waals surface area contributed by atoms with Gasteiger partial charge in [-0.2, -0.15) is 13.2 Å². The molecule has 0 radical (unpaired) electrons. The van der Waals surface area contributed by atoms with Crippen LogP contribution >= 0.6 is 34.0 Å². The standard InChI is InChI=1S/C26H21FO4S.C25H16F4O4S.C23H17NO4S/c1-15(2)18-5-3-4-6-19(18)26-24(20-12-13-21(28)23(27)25(20)32-26)31-17-10-7-16(8-11-17)9-14-22(29)30;26-16-5-4-15(13-25(27,28)29)20(11-16)24-23(19-9-6-17(30)12-21(19)34-24)33-18-7-1-14(2-8-18)3-10-22(31)32;1-14-18(3-2-12-24-14)23-22(19-10-7-16(25)13-20(19)29-23)28-17-8-4-15(5-9-17)6-11-21(26)27/h3-15,28H,1-2H3,(H,29,30);1-12,30H,13H2,(H,31,32);2-13,25H,1H3,(H,26,27)/b14-9+;10-3+;11-6+. The third-order valence-corrected chi connectivity index (χ3v) is 17.9. The molecule has 0 fully saturated rings. The number of alkyl halides is 3. The summed E-state index contributed by atoms with van der Waals surface area (Å²) >= 11 is 3.86. The highest BCUT2D eigenvalue weighted by molar-refractivity contribution is 7.23. The predicted octanol–water partition coefficient (Wildman–Crippen LogP) is 20.7. The Morgan fingerprint density at radius 2 is 0.958 bits per heavy atom. The fourth-order valence-corrected chi connectivity index (χ4v) is 13.6. The Balaban J connectivity index is 0.000000156. The maximum absolute atomic E-state index is 14.8. The number of nitrogens with zero attached hydrogens (tertiary/aromatic N) is 1. The summed E-state index contributed by atoms with van der Waals surface area (Å²) in [5.41, 5.74) is 5.97. The van der Waals surface area contributed by atoms with E-state index in [-0.39, 0.29) is 39.2 Å². The highest BCUT2D eigenvalue weighted by Crippen LogP contribution is 2.52.